The Labute approximate surface area is 139 Å². The van der Waals surface area contributed by atoms with Gasteiger partial charge in [-0.3, -0.25) is 15.1 Å². The predicted molar refractivity (Wildman–Crippen MR) is 93.6 cm³/mol. The molecular formula is C18H17N3O3. The Morgan fingerprint density at radius 3 is 2.88 bits per heavy atom. The van der Waals surface area contributed by atoms with Crippen LogP contribution in [0.3, 0.4) is 0 Å². The molecule has 0 aliphatic carbocycles. The summed E-state index contributed by atoms with van der Waals surface area (Å²) in [4.78, 5) is 15.0. The summed E-state index contributed by atoms with van der Waals surface area (Å²) in [5.74, 6) is 0.823. The molecule has 6 heteroatoms. The van der Waals surface area contributed by atoms with E-state index in [-0.39, 0.29) is 5.69 Å². The molecule has 0 spiro atoms. The SMILES string of the molecule is Cc1cccc(OCCNc2ccc([N+](=O)[O-])c3cccnc23)c1. The van der Waals surface area contributed by atoms with Crippen molar-refractivity contribution in [3.05, 3.63) is 70.4 Å². The lowest BCUT2D eigenvalue weighted by Crippen LogP contribution is -2.12. The molecule has 6 nitrogen and oxygen atoms in total. The van der Waals surface area contributed by atoms with Gasteiger partial charge in [0.15, 0.2) is 0 Å². The first kappa shape index (κ1) is 15.7. The van der Waals surface area contributed by atoms with Gasteiger partial charge < -0.3 is 10.1 Å². The number of nitrogens with one attached hydrogen (secondary N) is 1. The summed E-state index contributed by atoms with van der Waals surface area (Å²) in [5, 5.41) is 14.9. The molecule has 122 valence electrons. The summed E-state index contributed by atoms with van der Waals surface area (Å²) in [6, 6.07) is 14.4. The van der Waals surface area contributed by atoms with Gasteiger partial charge in [-0.2, -0.15) is 0 Å². The third-order valence-corrected chi connectivity index (χ3v) is 3.62. The van der Waals surface area contributed by atoms with Crippen molar-refractivity contribution < 1.29 is 9.66 Å². The summed E-state index contributed by atoms with van der Waals surface area (Å²) in [6.07, 6.45) is 1.63. The summed E-state index contributed by atoms with van der Waals surface area (Å²) < 4.78 is 5.69. The first-order valence-electron chi connectivity index (χ1n) is 7.60. The van der Waals surface area contributed by atoms with Crippen LogP contribution in [0.2, 0.25) is 0 Å². The van der Waals surface area contributed by atoms with Gasteiger partial charge in [0.2, 0.25) is 0 Å². The fourth-order valence-corrected chi connectivity index (χ4v) is 2.52. The summed E-state index contributed by atoms with van der Waals surface area (Å²) >= 11 is 0. The van der Waals surface area contributed by atoms with Gasteiger partial charge in [0.1, 0.15) is 17.9 Å². The Hall–Kier alpha value is -3.15. The van der Waals surface area contributed by atoms with Crippen LogP contribution in [0.1, 0.15) is 5.56 Å². The van der Waals surface area contributed by atoms with Gasteiger partial charge in [0.05, 0.1) is 16.0 Å². The topological polar surface area (TPSA) is 77.3 Å². The molecule has 0 saturated carbocycles. The van der Waals surface area contributed by atoms with Crippen molar-refractivity contribution in [2.24, 2.45) is 0 Å². The van der Waals surface area contributed by atoms with Gasteiger partial charge in [-0.25, -0.2) is 0 Å². The number of nitro groups is 1. The Bertz CT molecular complexity index is 880. The van der Waals surface area contributed by atoms with E-state index < -0.39 is 4.92 Å². The van der Waals surface area contributed by atoms with Crippen LogP contribution in [-0.4, -0.2) is 23.1 Å². The maximum atomic E-state index is 11.1. The summed E-state index contributed by atoms with van der Waals surface area (Å²) in [5.41, 5.74) is 2.54. The van der Waals surface area contributed by atoms with Crippen molar-refractivity contribution >= 4 is 22.3 Å². The molecule has 0 aliphatic heterocycles. The number of hydrogen-bond donors (Lipinski definition) is 1. The first-order chi connectivity index (χ1) is 11.6. The molecule has 3 aromatic rings. The number of rotatable bonds is 6. The van der Waals surface area contributed by atoms with Crippen LogP contribution >= 0.6 is 0 Å². The highest BCUT2D eigenvalue weighted by molar-refractivity contribution is 5.96. The molecule has 1 aromatic heterocycles. The number of pyridine rings is 1. The lowest BCUT2D eigenvalue weighted by molar-refractivity contribution is -0.383. The molecule has 3 rings (SSSR count). The lowest BCUT2D eigenvalue weighted by Gasteiger charge is -2.11. The number of aryl methyl sites for hydroxylation is 1. The molecule has 0 aliphatic rings. The second-order valence-corrected chi connectivity index (χ2v) is 5.38. The fourth-order valence-electron chi connectivity index (χ4n) is 2.52. The quantitative estimate of drug-likeness (QED) is 0.422. The Balaban J connectivity index is 1.69. The molecular weight excluding hydrogens is 306 g/mol. The van der Waals surface area contributed by atoms with Gasteiger partial charge in [0.25, 0.3) is 5.69 Å². The number of nitrogens with zero attached hydrogens (tertiary/aromatic N) is 2. The second-order valence-electron chi connectivity index (χ2n) is 5.38. The highest BCUT2D eigenvalue weighted by Crippen LogP contribution is 2.29. The normalized spacial score (nSPS) is 10.5. The van der Waals surface area contributed by atoms with Crippen LogP contribution in [0.4, 0.5) is 11.4 Å². The second kappa shape index (κ2) is 6.95. The van der Waals surface area contributed by atoms with E-state index in [0.717, 1.165) is 17.0 Å². The first-order valence-corrected chi connectivity index (χ1v) is 7.60. The summed E-state index contributed by atoms with van der Waals surface area (Å²) in [6.45, 7) is 3.06. The van der Waals surface area contributed by atoms with Crippen LogP contribution in [0.15, 0.2) is 54.7 Å². The molecule has 0 fully saturated rings. The zero-order valence-electron chi connectivity index (χ0n) is 13.2. The molecule has 0 amide bonds. The number of ether oxygens (including phenoxy) is 1. The molecule has 0 atom stereocenters. The third-order valence-electron chi connectivity index (χ3n) is 3.62. The molecule has 0 radical (unpaired) electrons. The van der Waals surface area contributed by atoms with E-state index in [1.165, 1.54) is 6.07 Å². The van der Waals surface area contributed by atoms with E-state index in [9.17, 15) is 10.1 Å². The van der Waals surface area contributed by atoms with Gasteiger partial charge in [-0.1, -0.05) is 12.1 Å². The minimum atomic E-state index is -0.394. The molecule has 1 N–H and O–H groups in total. The van der Waals surface area contributed by atoms with Crippen molar-refractivity contribution in [1.82, 2.24) is 4.98 Å². The van der Waals surface area contributed by atoms with Crippen LogP contribution in [-0.2, 0) is 0 Å². The molecule has 0 saturated heterocycles. The van der Waals surface area contributed by atoms with Crippen molar-refractivity contribution in [2.75, 3.05) is 18.5 Å². The van der Waals surface area contributed by atoms with Crippen LogP contribution < -0.4 is 10.1 Å². The highest BCUT2D eigenvalue weighted by atomic mass is 16.6. The smallest absolute Gasteiger partial charge is 0.278 e. The Kier molecular flexibility index (Phi) is 4.56. The maximum Gasteiger partial charge on any atom is 0.278 e. The molecule has 2 aromatic carbocycles. The minimum Gasteiger partial charge on any atom is -0.492 e. The third kappa shape index (κ3) is 3.43. The number of non-ortho nitro benzene ring substituents is 1. The van der Waals surface area contributed by atoms with Gasteiger partial charge in [-0.05, 0) is 42.8 Å². The van der Waals surface area contributed by atoms with Crippen molar-refractivity contribution in [3.63, 3.8) is 0 Å². The van der Waals surface area contributed by atoms with E-state index in [4.69, 9.17) is 4.74 Å². The van der Waals surface area contributed by atoms with Crippen LogP contribution in [0, 0.1) is 17.0 Å². The van der Waals surface area contributed by atoms with Crippen LogP contribution in [0.25, 0.3) is 10.9 Å². The predicted octanol–water partition coefficient (Wildman–Crippen LogP) is 3.94. The van der Waals surface area contributed by atoms with Crippen molar-refractivity contribution in [1.29, 1.82) is 0 Å². The molecule has 24 heavy (non-hydrogen) atoms. The number of nitro benzene ring substituents is 1. The lowest BCUT2D eigenvalue weighted by atomic mass is 10.1. The Morgan fingerprint density at radius 2 is 2.08 bits per heavy atom. The molecule has 0 unspecified atom stereocenters. The van der Waals surface area contributed by atoms with Gasteiger partial charge in [-0.15, -0.1) is 0 Å². The maximum absolute atomic E-state index is 11.1. The standard InChI is InChI=1S/C18H17N3O3/c1-13-4-2-5-14(12-13)24-11-10-19-16-7-8-17(21(22)23)15-6-3-9-20-18(15)16/h2-9,12,19H,10-11H2,1H3. The number of aromatic nitrogens is 1. The molecule has 0 bridgehead atoms. The van der Waals surface area contributed by atoms with E-state index >= 15 is 0 Å². The average molecular weight is 323 g/mol. The van der Waals surface area contributed by atoms with E-state index in [2.05, 4.69) is 10.3 Å². The van der Waals surface area contributed by atoms with E-state index in [0.29, 0.717) is 24.1 Å². The number of benzene rings is 2. The Morgan fingerprint density at radius 1 is 1.21 bits per heavy atom. The zero-order valence-corrected chi connectivity index (χ0v) is 13.2. The van der Waals surface area contributed by atoms with Gasteiger partial charge >= 0.3 is 0 Å². The van der Waals surface area contributed by atoms with Gasteiger partial charge in [0, 0.05) is 18.8 Å². The number of hydrogen-bond acceptors (Lipinski definition) is 5. The minimum absolute atomic E-state index is 0.0552. The largest absolute Gasteiger partial charge is 0.492 e. The molecule has 1 heterocycles. The summed E-state index contributed by atoms with van der Waals surface area (Å²) in [7, 11) is 0. The average Bonchev–Trinajstić information content (AvgIpc) is 2.58. The van der Waals surface area contributed by atoms with E-state index in [1.54, 1.807) is 24.4 Å². The zero-order chi connectivity index (χ0) is 16.9. The monoisotopic (exact) mass is 323 g/mol. The van der Waals surface area contributed by atoms with Crippen molar-refractivity contribution in [2.45, 2.75) is 6.92 Å². The number of fused-ring (bicyclic) bond motifs is 1. The fraction of sp³-hybridized carbons (Fsp3) is 0.167. The van der Waals surface area contributed by atoms with Crippen LogP contribution in [0.5, 0.6) is 5.75 Å². The number of anilines is 1. The highest BCUT2D eigenvalue weighted by Gasteiger charge is 2.14. The van der Waals surface area contributed by atoms with E-state index in [1.807, 2.05) is 31.2 Å². The van der Waals surface area contributed by atoms with Crippen molar-refractivity contribution in [3.8, 4) is 5.75 Å².